The van der Waals surface area contributed by atoms with Crippen molar-refractivity contribution < 1.29 is 4.79 Å². The number of carbonyl (C=O) groups excluding carboxylic acids is 1. The van der Waals surface area contributed by atoms with Crippen molar-refractivity contribution in [2.75, 3.05) is 20.6 Å². The van der Waals surface area contributed by atoms with Crippen molar-refractivity contribution in [1.29, 1.82) is 0 Å². The van der Waals surface area contributed by atoms with Crippen LogP contribution in [-0.2, 0) is 24.2 Å². The van der Waals surface area contributed by atoms with E-state index < -0.39 is 0 Å². The number of rotatable bonds is 6. The van der Waals surface area contributed by atoms with Crippen LogP contribution in [0.1, 0.15) is 23.4 Å². The molecule has 0 saturated heterocycles. The number of aromatic nitrogens is 2. The summed E-state index contributed by atoms with van der Waals surface area (Å²) in [7, 11) is 3.95. The molecular formula is C19H24N4O. The van der Waals surface area contributed by atoms with Crippen LogP contribution in [0.4, 0.5) is 0 Å². The van der Waals surface area contributed by atoms with E-state index in [1.807, 2.05) is 48.0 Å². The van der Waals surface area contributed by atoms with Crippen LogP contribution in [-0.4, -0.2) is 41.2 Å². The number of likely N-dealkylation sites (N-methyl/N-ethyl adjacent to an activating group) is 1. The molecule has 24 heavy (non-hydrogen) atoms. The maximum atomic E-state index is 11.9. The first-order valence-corrected chi connectivity index (χ1v) is 8.39. The average Bonchev–Trinajstić information content (AvgIpc) is 3.16. The van der Waals surface area contributed by atoms with Crippen LogP contribution < -0.4 is 5.32 Å². The highest BCUT2D eigenvalue weighted by atomic mass is 16.1. The minimum atomic E-state index is -0.0714. The minimum absolute atomic E-state index is 0.0714. The molecule has 2 aromatic rings. The molecule has 0 saturated carbocycles. The lowest BCUT2D eigenvalue weighted by molar-refractivity contribution is -0.116. The van der Waals surface area contributed by atoms with Crippen molar-refractivity contribution in [3.8, 4) is 5.69 Å². The molecule has 1 N–H and O–H groups in total. The van der Waals surface area contributed by atoms with Gasteiger partial charge in [0.1, 0.15) is 0 Å². The van der Waals surface area contributed by atoms with Crippen LogP contribution in [0.15, 0.2) is 42.5 Å². The summed E-state index contributed by atoms with van der Waals surface area (Å²) < 4.78 is 2.03. The zero-order valence-corrected chi connectivity index (χ0v) is 14.3. The lowest BCUT2D eigenvalue weighted by atomic mass is 10.2. The third-order valence-electron chi connectivity index (χ3n) is 4.18. The van der Waals surface area contributed by atoms with Gasteiger partial charge in [0.2, 0.25) is 5.91 Å². The number of amides is 1. The molecule has 5 heteroatoms. The highest BCUT2D eigenvalue weighted by Gasteiger charge is 2.22. The molecule has 1 aromatic heterocycles. The van der Waals surface area contributed by atoms with Gasteiger partial charge in [0.15, 0.2) is 0 Å². The Balaban J connectivity index is 1.71. The van der Waals surface area contributed by atoms with Gasteiger partial charge in [-0.25, -0.2) is 4.68 Å². The van der Waals surface area contributed by atoms with Gasteiger partial charge in [-0.15, -0.1) is 0 Å². The first-order valence-electron chi connectivity index (χ1n) is 8.39. The van der Waals surface area contributed by atoms with E-state index in [0.717, 1.165) is 37.2 Å². The van der Waals surface area contributed by atoms with Crippen LogP contribution in [0, 0.1) is 0 Å². The predicted molar refractivity (Wildman–Crippen MR) is 95.1 cm³/mol. The van der Waals surface area contributed by atoms with E-state index in [1.165, 1.54) is 11.3 Å². The van der Waals surface area contributed by atoms with Gasteiger partial charge in [-0.05, 0) is 51.1 Å². The Morgan fingerprint density at radius 2 is 2.08 bits per heavy atom. The minimum Gasteiger partial charge on any atom is -0.347 e. The predicted octanol–water partition coefficient (Wildman–Crippen LogP) is 2.09. The Morgan fingerprint density at radius 3 is 2.83 bits per heavy atom. The molecular weight excluding hydrogens is 300 g/mol. The Bertz CT molecular complexity index is 731. The van der Waals surface area contributed by atoms with E-state index in [9.17, 15) is 4.79 Å². The average molecular weight is 324 g/mol. The van der Waals surface area contributed by atoms with E-state index in [4.69, 9.17) is 5.10 Å². The molecule has 1 heterocycles. The van der Waals surface area contributed by atoms with Gasteiger partial charge in [0, 0.05) is 18.3 Å². The Morgan fingerprint density at radius 1 is 1.29 bits per heavy atom. The maximum Gasteiger partial charge on any atom is 0.244 e. The molecule has 0 unspecified atom stereocenters. The van der Waals surface area contributed by atoms with Crippen LogP contribution in [0.2, 0.25) is 0 Å². The zero-order chi connectivity index (χ0) is 16.9. The second-order valence-electron chi connectivity index (χ2n) is 6.36. The Kier molecular flexibility index (Phi) is 5.11. The number of carbonyl (C=O) groups is 1. The highest BCUT2D eigenvalue weighted by Crippen LogP contribution is 2.27. The first kappa shape index (κ1) is 16.5. The molecule has 1 amide bonds. The summed E-state index contributed by atoms with van der Waals surface area (Å²) >= 11 is 0. The van der Waals surface area contributed by atoms with Gasteiger partial charge in [-0.2, -0.15) is 5.10 Å². The van der Waals surface area contributed by atoms with Crippen molar-refractivity contribution in [3.05, 3.63) is 59.4 Å². The van der Waals surface area contributed by atoms with Crippen LogP contribution in [0.5, 0.6) is 0 Å². The smallest absolute Gasteiger partial charge is 0.244 e. The van der Waals surface area contributed by atoms with Crippen molar-refractivity contribution >= 4 is 5.91 Å². The summed E-state index contributed by atoms with van der Waals surface area (Å²) in [4.78, 5) is 13.9. The molecule has 0 atom stereocenters. The first-order chi connectivity index (χ1) is 11.6. The van der Waals surface area contributed by atoms with Gasteiger partial charge in [0.25, 0.3) is 0 Å². The summed E-state index contributed by atoms with van der Waals surface area (Å²) in [5.41, 5.74) is 4.66. The molecule has 1 aliphatic rings. The third kappa shape index (κ3) is 3.74. The number of hydrogen-bond donors (Lipinski definition) is 1. The van der Waals surface area contributed by atoms with E-state index in [2.05, 4.69) is 17.4 Å². The molecule has 1 aliphatic carbocycles. The quantitative estimate of drug-likeness (QED) is 0.828. The Hall–Kier alpha value is -2.40. The summed E-state index contributed by atoms with van der Waals surface area (Å²) in [5.74, 6) is -0.0714. The van der Waals surface area contributed by atoms with Gasteiger partial charge in [0.05, 0.1) is 17.9 Å². The third-order valence-corrected chi connectivity index (χ3v) is 4.18. The fraction of sp³-hybridized carbons (Fsp3) is 0.368. The second kappa shape index (κ2) is 7.45. The van der Waals surface area contributed by atoms with E-state index >= 15 is 0 Å². The van der Waals surface area contributed by atoms with E-state index in [0.29, 0.717) is 6.54 Å². The molecule has 1 aromatic carbocycles. The zero-order valence-electron chi connectivity index (χ0n) is 14.3. The topological polar surface area (TPSA) is 50.2 Å². The van der Waals surface area contributed by atoms with Gasteiger partial charge in [-0.3, -0.25) is 4.79 Å². The normalized spacial score (nSPS) is 13.6. The summed E-state index contributed by atoms with van der Waals surface area (Å²) in [6, 6.07) is 10.2. The lowest BCUT2D eigenvalue weighted by Gasteiger charge is -2.05. The molecule has 0 aliphatic heterocycles. The number of para-hydroxylation sites is 1. The van der Waals surface area contributed by atoms with Crippen LogP contribution in [0.25, 0.3) is 5.69 Å². The molecule has 0 spiro atoms. The monoisotopic (exact) mass is 324 g/mol. The Labute approximate surface area is 143 Å². The number of nitrogens with one attached hydrogen (secondary N) is 1. The number of hydrogen-bond acceptors (Lipinski definition) is 3. The molecule has 5 nitrogen and oxygen atoms in total. The van der Waals surface area contributed by atoms with Crippen LogP contribution in [0.3, 0.4) is 0 Å². The van der Waals surface area contributed by atoms with Crippen LogP contribution >= 0.6 is 0 Å². The van der Waals surface area contributed by atoms with Crippen molar-refractivity contribution in [2.45, 2.75) is 25.8 Å². The van der Waals surface area contributed by atoms with Crippen molar-refractivity contribution in [3.63, 3.8) is 0 Å². The second-order valence-corrected chi connectivity index (χ2v) is 6.36. The summed E-state index contributed by atoms with van der Waals surface area (Å²) in [6.45, 7) is 1.23. The van der Waals surface area contributed by atoms with Crippen molar-refractivity contribution in [2.24, 2.45) is 0 Å². The van der Waals surface area contributed by atoms with Gasteiger partial charge >= 0.3 is 0 Å². The SMILES string of the molecule is CN(C)C/C=C/C(=O)NCc1nn(-c2ccccc2)c2c1CCC2. The van der Waals surface area contributed by atoms with Gasteiger partial charge in [-0.1, -0.05) is 24.3 Å². The molecule has 0 bridgehead atoms. The van der Waals surface area contributed by atoms with Crippen molar-refractivity contribution in [1.82, 2.24) is 20.0 Å². The van der Waals surface area contributed by atoms with Gasteiger partial charge < -0.3 is 10.2 Å². The summed E-state index contributed by atoms with van der Waals surface area (Å²) in [5, 5.41) is 7.70. The maximum absolute atomic E-state index is 11.9. The highest BCUT2D eigenvalue weighted by molar-refractivity contribution is 5.87. The summed E-state index contributed by atoms with van der Waals surface area (Å²) in [6.07, 6.45) is 6.71. The molecule has 0 radical (unpaired) electrons. The lowest BCUT2D eigenvalue weighted by Crippen LogP contribution is -2.22. The fourth-order valence-electron chi connectivity index (χ4n) is 3.04. The van der Waals surface area contributed by atoms with E-state index in [1.54, 1.807) is 6.08 Å². The number of benzene rings is 1. The molecule has 3 rings (SSSR count). The fourth-order valence-corrected chi connectivity index (χ4v) is 3.04. The van der Waals surface area contributed by atoms with E-state index in [-0.39, 0.29) is 5.91 Å². The largest absolute Gasteiger partial charge is 0.347 e. The standard InChI is InChI=1S/C19H24N4O/c1-22(2)13-7-12-19(24)20-14-17-16-10-6-11-18(16)23(21-17)15-8-4-3-5-9-15/h3-5,7-9,12H,6,10-11,13-14H2,1-2H3,(H,20,24)/b12-7+. The molecule has 126 valence electrons. The number of fused-ring (bicyclic) bond motifs is 1. The molecule has 0 fully saturated rings. The number of nitrogens with zero attached hydrogens (tertiary/aromatic N) is 3.